The second-order valence-electron chi connectivity index (χ2n) is 6.01. The van der Waals surface area contributed by atoms with Crippen molar-refractivity contribution in [3.63, 3.8) is 0 Å². The first kappa shape index (κ1) is 20.1. The molecule has 1 aromatic carbocycles. The van der Waals surface area contributed by atoms with E-state index >= 15 is 0 Å². The van der Waals surface area contributed by atoms with Gasteiger partial charge in [-0.2, -0.15) is 8.78 Å². The molecule has 0 bridgehead atoms. The average molecular weight is 370 g/mol. The van der Waals surface area contributed by atoms with E-state index in [1.165, 1.54) is 12.1 Å². The Kier molecular flexibility index (Phi) is 7.77. The van der Waals surface area contributed by atoms with Gasteiger partial charge in [-0.25, -0.2) is 0 Å². The maximum Gasteiger partial charge on any atom is 0.387 e. The number of amides is 1. The fraction of sp³-hybridized carbons (Fsp3) is 0.556. The lowest BCUT2D eigenvalue weighted by atomic mass is 10.1. The van der Waals surface area contributed by atoms with Crippen LogP contribution in [0.5, 0.6) is 5.75 Å². The second kappa shape index (κ2) is 10.1. The molecule has 0 saturated carbocycles. The molecule has 0 spiro atoms. The van der Waals surface area contributed by atoms with E-state index in [1.54, 1.807) is 24.0 Å². The first-order chi connectivity index (χ1) is 12.5. The predicted molar refractivity (Wildman–Crippen MR) is 91.0 cm³/mol. The van der Waals surface area contributed by atoms with Crippen molar-refractivity contribution in [3.8, 4) is 5.75 Å². The molecular weight excluding hydrogens is 346 g/mol. The highest BCUT2D eigenvalue weighted by molar-refractivity contribution is 5.79. The number of hydrogen-bond acceptors (Lipinski definition) is 5. The normalized spacial score (nSPS) is 15.6. The van der Waals surface area contributed by atoms with Gasteiger partial charge in [0.1, 0.15) is 5.75 Å². The van der Waals surface area contributed by atoms with E-state index in [4.69, 9.17) is 4.74 Å². The van der Waals surface area contributed by atoms with Crippen LogP contribution in [-0.2, 0) is 20.7 Å². The first-order valence-corrected chi connectivity index (χ1v) is 8.67. The van der Waals surface area contributed by atoms with Crippen molar-refractivity contribution in [2.45, 2.75) is 26.4 Å². The monoisotopic (exact) mass is 370 g/mol. The summed E-state index contributed by atoms with van der Waals surface area (Å²) in [6.07, 6.45) is 0.985. The molecule has 1 saturated heterocycles. The van der Waals surface area contributed by atoms with Crippen molar-refractivity contribution in [1.82, 2.24) is 9.80 Å². The summed E-state index contributed by atoms with van der Waals surface area (Å²) >= 11 is 0. The molecule has 1 aromatic rings. The quantitative estimate of drug-likeness (QED) is 0.687. The van der Waals surface area contributed by atoms with Crippen LogP contribution in [0, 0.1) is 0 Å². The number of hydrogen-bond donors (Lipinski definition) is 0. The Morgan fingerprint density at radius 3 is 2.50 bits per heavy atom. The molecule has 1 amide bonds. The lowest BCUT2D eigenvalue weighted by molar-refractivity contribution is -0.144. The summed E-state index contributed by atoms with van der Waals surface area (Å²) in [5.41, 5.74) is 0.740. The van der Waals surface area contributed by atoms with Crippen molar-refractivity contribution in [2.75, 3.05) is 39.3 Å². The molecule has 1 fully saturated rings. The van der Waals surface area contributed by atoms with E-state index in [2.05, 4.69) is 4.74 Å². The van der Waals surface area contributed by atoms with Gasteiger partial charge in [-0.05, 0) is 31.0 Å². The third-order valence-corrected chi connectivity index (χ3v) is 4.10. The number of ether oxygens (including phenoxy) is 2. The molecule has 0 N–H and O–H groups in total. The molecule has 1 aliphatic heterocycles. The molecular formula is C18H24F2N2O4. The predicted octanol–water partition coefficient (Wildman–Crippen LogP) is 1.93. The van der Waals surface area contributed by atoms with Gasteiger partial charge in [0.2, 0.25) is 5.91 Å². The summed E-state index contributed by atoms with van der Waals surface area (Å²) in [7, 11) is 0. The van der Waals surface area contributed by atoms with E-state index < -0.39 is 6.61 Å². The fourth-order valence-corrected chi connectivity index (χ4v) is 2.84. The number of esters is 1. The van der Waals surface area contributed by atoms with E-state index in [-0.39, 0.29) is 30.6 Å². The molecule has 26 heavy (non-hydrogen) atoms. The molecule has 0 aromatic heterocycles. The maximum atomic E-state index is 12.5. The highest BCUT2D eigenvalue weighted by Crippen LogP contribution is 2.16. The molecule has 0 aliphatic carbocycles. The van der Waals surface area contributed by atoms with E-state index in [0.717, 1.165) is 18.5 Å². The standard InChI is InChI=1S/C18H24F2N2O4/c1-2-25-17(24)13-21-8-3-9-22(11-10-21)16(23)12-14-4-6-15(7-5-14)26-18(19)20/h4-7,18H,2-3,8-13H2,1H3. The number of alkyl halides is 2. The van der Waals surface area contributed by atoms with E-state index in [1.807, 2.05) is 4.90 Å². The minimum absolute atomic E-state index is 0.0227. The lowest BCUT2D eigenvalue weighted by Gasteiger charge is -2.21. The van der Waals surface area contributed by atoms with Crippen molar-refractivity contribution >= 4 is 11.9 Å². The molecule has 0 radical (unpaired) electrons. The van der Waals surface area contributed by atoms with Gasteiger partial charge in [-0.1, -0.05) is 12.1 Å². The van der Waals surface area contributed by atoms with Crippen LogP contribution in [0.3, 0.4) is 0 Å². The van der Waals surface area contributed by atoms with Crippen LogP contribution in [0.15, 0.2) is 24.3 Å². The SMILES string of the molecule is CCOC(=O)CN1CCCN(C(=O)Cc2ccc(OC(F)F)cc2)CC1. The highest BCUT2D eigenvalue weighted by Gasteiger charge is 2.21. The van der Waals surface area contributed by atoms with Crippen molar-refractivity contribution in [2.24, 2.45) is 0 Å². The Morgan fingerprint density at radius 2 is 1.85 bits per heavy atom. The Bertz CT molecular complexity index is 595. The lowest BCUT2D eigenvalue weighted by Crippen LogP contribution is -2.37. The third-order valence-electron chi connectivity index (χ3n) is 4.10. The molecule has 1 heterocycles. The zero-order chi connectivity index (χ0) is 18.9. The Balaban J connectivity index is 1.83. The van der Waals surface area contributed by atoms with Gasteiger partial charge in [-0.3, -0.25) is 14.5 Å². The van der Waals surface area contributed by atoms with Crippen LogP contribution in [0.1, 0.15) is 18.9 Å². The number of halogens is 2. The van der Waals surface area contributed by atoms with Gasteiger partial charge < -0.3 is 14.4 Å². The topological polar surface area (TPSA) is 59.1 Å². The van der Waals surface area contributed by atoms with Gasteiger partial charge >= 0.3 is 12.6 Å². The van der Waals surface area contributed by atoms with Gasteiger partial charge in [0, 0.05) is 26.2 Å². The van der Waals surface area contributed by atoms with Gasteiger partial charge in [0.25, 0.3) is 0 Å². The van der Waals surface area contributed by atoms with Gasteiger partial charge in [0.15, 0.2) is 0 Å². The molecule has 1 aliphatic rings. The molecule has 144 valence electrons. The summed E-state index contributed by atoms with van der Waals surface area (Å²) in [5, 5.41) is 0. The molecule has 0 atom stereocenters. The number of nitrogens with zero attached hydrogens (tertiary/aromatic N) is 2. The minimum Gasteiger partial charge on any atom is -0.465 e. The summed E-state index contributed by atoms with van der Waals surface area (Å²) < 4.78 is 33.6. The van der Waals surface area contributed by atoms with Crippen LogP contribution < -0.4 is 4.74 Å². The van der Waals surface area contributed by atoms with Crippen molar-refractivity contribution in [3.05, 3.63) is 29.8 Å². The Hall–Kier alpha value is -2.22. The van der Waals surface area contributed by atoms with Crippen LogP contribution in [-0.4, -0.2) is 67.6 Å². The number of carbonyl (C=O) groups excluding carboxylic acids is 2. The minimum atomic E-state index is -2.86. The fourth-order valence-electron chi connectivity index (χ4n) is 2.84. The molecule has 8 heteroatoms. The largest absolute Gasteiger partial charge is 0.465 e. The van der Waals surface area contributed by atoms with Crippen LogP contribution in [0.25, 0.3) is 0 Å². The summed E-state index contributed by atoms with van der Waals surface area (Å²) in [5.74, 6) is -0.204. The van der Waals surface area contributed by atoms with Crippen molar-refractivity contribution < 1.29 is 27.8 Å². The van der Waals surface area contributed by atoms with Crippen LogP contribution >= 0.6 is 0 Å². The highest BCUT2D eigenvalue weighted by atomic mass is 19.3. The number of benzene rings is 1. The third kappa shape index (κ3) is 6.59. The number of carbonyl (C=O) groups is 2. The number of rotatable bonds is 7. The molecule has 6 nitrogen and oxygen atoms in total. The summed E-state index contributed by atoms with van der Waals surface area (Å²) in [6.45, 7) is 2.04. The van der Waals surface area contributed by atoms with Gasteiger partial charge in [0.05, 0.1) is 19.6 Å². The van der Waals surface area contributed by atoms with Crippen LogP contribution in [0.2, 0.25) is 0 Å². The molecule has 0 unspecified atom stereocenters. The molecule has 2 rings (SSSR count). The smallest absolute Gasteiger partial charge is 0.387 e. The van der Waals surface area contributed by atoms with E-state index in [9.17, 15) is 18.4 Å². The maximum absolute atomic E-state index is 12.5. The summed E-state index contributed by atoms with van der Waals surface area (Å²) in [4.78, 5) is 27.8. The van der Waals surface area contributed by atoms with Crippen LogP contribution in [0.4, 0.5) is 8.78 Å². The van der Waals surface area contributed by atoms with E-state index in [0.29, 0.717) is 26.2 Å². The van der Waals surface area contributed by atoms with Gasteiger partial charge in [-0.15, -0.1) is 0 Å². The first-order valence-electron chi connectivity index (χ1n) is 8.67. The summed E-state index contributed by atoms with van der Waals surface area (Å²) in [6, 6.07) is 6.08. The Labute approximate surface area is 151 Å². The average Bonchev–Trinajstić information content (AvgIpc) is 2.82. The van der Waals surface area contributed by atoms with Crippen molar-refractivity contribution in [1.29, 1.82) is 0 Å². The second-order valence-corrected chi connectivity index (χ2v) is 6.01. The Morgan fingerprint density at radius 1 is 1.12 bits per heavy atom. The zero-order valence-corrected chi connectivity index (χ0v) is 14.8. The zero-order valence-electron chi connectivity index (χ0n) is 14.8.